The standard InChI is InChI=1S/C26H24N6O4/c1-30-24(20-29)7-5-13-32(3)15-17-36-26(34)23-10-8-22(9-11-23)25(33)35-16-14-31(2)12-4-6-21(18-27)19-28/h4-13H,14-17H2,2-3H3/b12-4+,13-5+,24-7+. The first-order valence-electron chi connectivity index (χ1n) is 10.5. The van der Waals surface area contributed by atoms with Gasteiger partial charge >= 0.3 is 11.9 Å². The monoisotopic (exact) mass is 484 g/mol. The molecule has 0 aliphatic heterocycles. The summed E-state index contributed by atoms with van der Waals surface area (Å²) in [7, 11) is 3.51. The number of allylic oxidation sites excluding steroid dienone is 6. The van der Waals surface area contributed by atoms with Crippen molar-refractivity contribution >= 4 is 11.9 Å². The van der Waals surface area contributed by atoms with Gasteiger partial charge in [0, 0.05) is 14.1 Å². The lowest BCUT2D eigenvalue weighted by Gasteiger charge is -2.14. The summed E-state index contributed by atoms with van der Waals surface area (Å²) in [5.41, 5.74) is 0.533. The van der Waals surface area contributed by atoms with Crippen LogP contribution in [0.2, 0.25) is 0 Å². The van der Waals surface area contributed by atoms with Crippen molar-refractivity contribution in [2.75, 3.05) is 40.4 Å². The normalized spacial score (nSPS) is 10.4. The Labute approximate surface area is 210 Å². The highest BCUT2D eigenvalue weighted by molar-refractivity contribution is 5.93. The number of hydrogen-bond acceptors (Lipinski definition) is 9. The maximum atomic E-state index is 12.2. The van der Waals surface area contributed by atoms with Crippen LogP contribution < -0.4 is 0 Å². The Morgan fingerprint density at radius 1 is 0.861 bits per heavy atom. The van der Waals surface area contributed by atoms with Gasteiger partial charge < -0.3 is 19.3 Å². The molecule has 36 heavy (non-hydrogen) atoms. The number of likely N-dealkylation sites (N-methyl/N-ethyl adjacent to an activating group) is 2. The second-order valence-corrected chi connectivity index (χ2v) is 7.07. The Morgan fingerprint density at radius 2 is 1.31 bits per heavy atom. The van der Waals surface area contributed by atoms with E-state index >= 15 is 0 Å². The van der Waals surface area contributed by atoms with Gasteiger partial charge in [-0.05, 0) is 54.9 Å². The molecule has 10 heteroatoms. The van der Waals surface area contributed by atoms with Crippen LogP contribution in [-0.4, -0.2) is 62.1 Å². The zero-order valence-corrected chi connectivity index (χ0v) is 19.9. The Bertz CT molecular complexity index is 1070. The van der Waals surface area contributed by atoms with E-state index in [0.29, 0.717) is 13.1 Å². The summed E-state index contributed by atoms with van der Waals surface area (Å²) in [6.07, 6.45) is 9.19. The van der Waals surface area contributed by atoms with E-state index < -0.39 is 11.9 Å². The third-order valence-electron chi connectivity index (χ3n) is 4.38. The number of ether oxygens (including phenoxy) is 2. The summed E-state index contributed by atoms with van der Waals surface area (Å²) in [5.74, 6) is -1.07. The van der Waals surface area contributed by atoms with E-state index in [1.165, 1.54) is 36.4 Å². The van der Waals surface area contributed by atoms with Crippen molar-refractivity contribution in [3.05, 3.63) is 94.8 Å². The molecule has 0 spiro atoms. The molecule has 182 valence electrons. The molecule has 0 saturated heterocycles. The second kappa shape index (κ2) is 16.3. The highest BCUT2D eigenvalue weighted by Gasteiger charge is 2.11. The van der Waals surface area contributed by atoms with E-state index in [1.54, 1.807) is 66.7 Å². The highest BCUT2D eigenvalue weighted by Crippen LogP contribution is 2.08. The van der Waals surface area contributed by atoms with Crippen LogP contribution in [0.15, 0.2) is 72.2 Å². The minimum Gasteiger partial charge on any atom is -0.460 e. The van der Waals surface area contributed by atoms with Crippen LogP contribution in [0.25, 0.3) is 4.85 Å². The summed E-state index contributed by atoms with van der Waals surface area (Å²) in [4.78, 5) is 30.9. The number of nitrogens with zero attached hydrogens (tertiary/aromatic N) is 6. The molecular formula is C26H24N6O4. The molecule has 0 radical (unpaired) electrons. The van der Waals surface area contributed by atoms with Crippen LogP contribution in [0.5, 0.6) is 0 Å². The zero-order valence-electron chi connectivity index (χ0n) is 19.9. The molecule has 0 atom stereocenters. The van der Waals surface area contributed by atoms with Gasteiger partial charge in [0.05, 0.1) is 36.9 Å². The molecule has 1 rings (SSSR count). The number of hydrogen-bond donors (Lipinski definition) is 0. The fraction of sp³-hybridized carbons (Fsp3) is 0.231. The molecule has 0 N–H and O–H groups in total. The predicted molar refractivity (Wildman–Crippen MR) is 130 cm³/mol. The van der Waals surface area contributed by atoms with Gasteiger partial charge in [-0.2, -0.15) is 10.5 Å². The van der Waals surface area contributed by atoms with Crippen LogP contribution in [-0.2, 0) is 9.47 Å². The second-order valence-electron chi connectivity index (χ2n) is 7.07. The van der Waals surface area contributed by atoms with Crippen LogP contribution in [0.3, 0.4) is 0 Å². The predicted octanol–water partition coefficient (Wildman–Crippen LogP) is 3.19. The largest absolute Gasteiger partial charge is 0.460 e. The third-order valence-corrected chi connectivity index (χ3v) is 4.38. The smallest absolute Gasteiger partial charge is 0.338 e. The lowest BCUT2D eigenvalue weighted by Crippen LogP contribution is -2.20. The molecular weight excluding hydrogens is 460 g/mol. The summed E-state index contributed by atoms with van der Waals surface area (Å²) < 4.78 is 10.4. The third kappa shape index (κ3) is 11.0. The Morgan fingerprint density at radius 3 is 1.69 bits per heavy atom. The van der Waals surface area contributed by atoms with Gasteiger partial charge in [-0.3, -0.25) is 0 Å². The molecule has 0 amide bonds. The van der Waals surface area contributed by atoms with Gasteiger partial charge in [-0.1, -0.05) is 6.08 Å². The van der Waals surface area contributed by atoms with Crippen molar-refractivity contribution in [2.24, 2.45) is 0 Å². The van der Waals surface area contributed by atoms with E-state index in [1.807, 2.05) is 0 Å². The molecule has 0 heterocycles. The molecule has 0 aromatic heterocycles. The fourth-order valence-corrected chi connectivity index (χ4v) is 2.39. The Hall–Kier alpha value is -5.32. The first-order valence-corrected chi connectivity index (χ1v) is 10.5. The van der Waals surface area contributed by atoms with Crippen molar-refractivity contribution < 1.29 is 19.1 Å². The quantitative estimate of drug-likeness (QED) is 0.190. The van der Waals surface area contributed by atoms with Gasteiger partial charge in [-0.25, -0.2) is 19.7 Å². The van der Waals surface area contributed by atoms with E-state index in [0.717, 1.165) is 0 Å². The lowest BCUT2D eigenvalue weighted by atomic mass is 10.1. The van der Waals surface area contributed by atoms with Gasteiger partial charge in [0.1, 0.15) is 30.9 Å². The van der Waals surface area contributed by atoms with E-state index in [4.69, 9.17) is 31.8 Å². The number of carbonyl (C=O) groups excluding carboxylic acids is 2. The van der Waals surface area contributed by atoms with Gasteiger partial charge in [0.25, 0.3) is 5.70 Å². The minimum absolute atomic E-state index is 0.0133. The molecule has 0 unspecified atom stereocenters. The van der Waals surface area contributed by atoms with Gasteiger partial charge in [-0.15, -0.1) is 0 Å². The molecule has 1 aromatic rings. The number of carbonyl (C=O) groups is 2. The molecule has 0 fully saturated rings. The summed E-state index contributed by atoms with van der Waals surface area (Å²) >= 11 is 0. The van der Waals surface area contributed by atoms with Crippen molar-refractivity contribution in [3.63, 3.8) is 0 Å². The summed E-state index contributed by atoms with van der Waals surface area (Å²) in [6, 6.07) is 11.2. The van der Waals surface area contributed by atoms with Crippen molar-refractivity contribution in [1.29, 1.82) is 15.8 Å². The van der Waals surface area contributed by atoms with Crippen molar-refractivity contribution in [1.82, 2.24) is 9.80 Å². The average Bonchev–Trinajstić information content (AvgIpc) is 2.89. The number of benzene rings is 1. The Kier molecular flexibility index (Phi) is 13.0. The van der Waals surface area contributed by atoms with Gasteiger partial charge in [0.2, 0.25) is 0 Å². The minimum atomic E-state index is -0.538. The maximum absolute atomic E-state index is 12.2. The van der Waals surface area contributed by atoms with Crippen LogP contribution in [0.1, 0.15) is 20.7 Å². The molecule has 0 aliphatic carbocycles. The van der Waals surface area contributed by atoms with Crippen LogP contribution >= 0.6 is 0 Å². The summed E-state index contributed by atoms with van der Waals surface area (Å²) in [6.45, 7) is 7.82. The molecule has 10 nitrogen and oxygen atoms in total. The number of rotatable bonds is 12. The first kappa shape index (κ1) is 28.7. The fourth-order valence-electron chi connectivity index (χ4n) is 2.39. The number of nitriles is 3. The molecule has 1 aromatic carbocycles. The van der Waals surface area contributed by atoms with Crippen molar-refractivity contribution in [2.45, 2.75) is 0 Å². The summed E-state index contributed by atoms with van der Waals surface area (Å²) in [5, 5.41) is 26.0. The average molecular weight is 485 g/mol. The maximum Gasteiger partial charge on any atom is 0.338 e. The Balaban J connectivity index is 2.45. The molecule has 0 saturated carbocycles. The van der Waals surface area contributed by atoms with Crippen LogP contribution in [0, 0.1) is 40.6 Å². The first-order chi connectivity index (χ1) is 17.3. The van der Waals surface area contributed by atoms with E-state index in [-0.39, 0.29) is 35.6 Å². The SMILES string of the molecule is [C-]#[N+]/C(C#N)=C/C=C/N(C)CCOC(=O)c1ccc(C(=O)OCCN(C)/C=C/C=C(C#N)C#N)cc1. The van der Waals surface area contributed by atoms with Crippen molar-refractivity contribution in [3.8, 4) is 18.2 Å². The zero-order chi connectivity index (χ0) is 26.8. The van der Waals surface area contributed by atoms with Crippen LogP contribution in [0.4, 0.5) is 0 Å². The lowest BCUT2D eigenvalue weighted by molar-refractivity contribution is 0.0472. The molecule has 0 bridgehead atoms. The topological polar surface area (TPSA) is 135 Å². The van der Waals surface area contributed by atoms with E-state index in [9.17, 15) is 9.59 Å². The number of esters is 2. The molecule has 0 aliphatic rings. The van der Waals surface area contributed by atoms with E-state index in [2.05, 4.69) is 4.85 Å². The van der Waals surface area contributed by atoms with Gasteiger partial charge in [0.15, 0.2) is 0 Å². The highest BCUT2D eigenvalue weighted by atomic mass is 16.5.